The first kappa shape index (κ1) is 16.3. The number of aryl methyl sites for hydroxylation is 1. The molecule has 128 valence electrons. The minimum Gasteiger partial charge on any atom is -0.480 e. The lowest BCUT2D eigenvalue weighted by molar-refractivity contribution is -0.142. The number of fused-ring (bicyclic) bond motifs is 1. The highest BCUT2D eigenvalue weighted by molar-refractivity contribution is 5.85. The molecule has 3 rings (SSSR count). The largest absolute Gasteiger partial charge is 0.480 e. The van der Waals surface area contributed by atoms with E-state index in [-0.39, 0.29) is 12.2 Å². The molecule has 1 heterocycles. The highest BCUT2D eigenvalue weighted by atomic mass is 16.4. The summed E-state index contributed by atoms with van der Waals surface area (Å²) in [6, 6.07) is 6.38. The molecular weight excluding hydrogens is 310 g/mol. The van der Waals surface area contributed by atoms with Crippen LogP contribution in [0.4, 0.5) is 0 Å². The smallest absolute Gasteiger partial charge is 0.329 e. The molecule has 1 fully saturated rings. The van der Waals surface area contributed by atoms with E-state index >= 15 is 0 Å². The van der Waals surface area contributed by atoms with E-state index in [0.717, 1.165) is 18.4 Å². The zero-order valence-electron chi connectivity index (χ0n) is 13.6. The van der Waals surface area contributed by atoms with Gasteiger partial charge in [-0.3, -0.25) is 13.9 Å². The third-order valence-electron chi connectivity index (χ3n) is 4.44. The fourth-order valence-corrected chi connectivity index (χ4v) is 3.02. The predicted molar refractivity (Wildman–Crippen MR) is 88.8 cm³/mol. The Morgan fingerprint density at radius 3 is 2.42 bits per heavy atom. The van der Waals surface area contributed by atoms with E-state index in [4.69, 9.17) is 0 Å². The first-order chi connectivity index (χ1) is 11.5. The van der Waals surface area contributed by atoms with Gasteiger partial charge in [-0.15, -0.1) is 0 Å². The van der Waals surface area contributed by atoms with E-state index in [1.165, 1.54) is 4.57 Å². The van der Waals surface area contributed by atoms with Crippen LogP contribution in [0.15, 0.2) is 29.1 Å². The van der Waals surface area contributed by atoms with Gasteiger partial charge in [0.1, 0.15) is 12.6 Å². The molecule has 2 aromatic rings. The first-order valence-electron chi connectivity index (χ1n) is 8.21. The number of para-hydroxylation sites is 2. The summed E-state index contributed by atoms with van der Waals surface area (Å²) in [7, 11) is 0. The van der Waals surface area contributed by atoms with Crippen molar-refractivity contribution in [2.24, 2.45) is 5.92 Å². The lowest BCUT2D eigenvalue weighted by Crippen LogP contribution is -2.43. The average Bonchev–Trinajstić information content (AvgIpc) is 3.33. The molecule has 0 radical (unpaired) electrons. The lowest BCUT2D eigenvalue weighted by Gasteiger charge is -2.14. The second kappa shape index (κ2) is 6.51. The number of carboxylic acid groups (broad SMARTS) is 1. The van der Waals surface area contributed by atoms with E-state index in [1.807, 2.05) is 25.1 Å². The zero-order chi connectivity index (χ0) is 17.3. The van der Waals surface area contributed by atoms with Crippen LogP contribution in [0.3, 0.4) is 0 Å². The van der Waals surface area contributed by atoms with E-state index in [9.17, 15) is 19.5 Å². The molecule has 1 aromatic carbocycles. The molecular formula is C17H21N3O4. The number of hydrogen-bond acceptors (Lipinski definition) is 3. The van der Waals surface area contributed by atoms with Crippen molar-refractivity contribution in [3.05, 3.63) is 34.7 Å². The highest BCUT2D eigenvalue weighted by Crippen LogP contribution is 2.33. The van der Waals surface area contributed by atoms with E-state index in [1.54, 1.807) is 10.6 Å². The molecule has 0 aliphatic heterocycles. The Kier molecular flexibility index (Phi) is 4.42. The van der Waals surface area contributed by atoms with Crippen LogP contribution in [0, 0.1) is 5.92 Å². The SMILES string of the molecule is CCn1c(=O)n(CC(=O)NC(CC2CC2)C(=O)O)c2ccccc21. The molecule has 1 saturated carbocycles. The lowest BCUT2D eigenvalue weighted by atomic mass is 10.1. The van der Waals surface area contributed by atoms with Crippen molar-refractivity contribution in [2.75, 3.05) is 0 Å². The fourth-order valence-electron chi connectivity index (χ4n) is 3.02. The van der Waals surface area contributed by atoms with Gasteiger partial charge in [-0.1, -0.05) is 25.0 Å². The molecule has 2 N–H and O–H groups in total. The number of rotatable bonds is 7. The summed E-state index contributed by atoms with van der Waals surface area (Å²) in [6.07, 6.45) is 2.49. The van der Waals surface area contributed by atoms with Crippen LogP contribution in [0.25, 0.3) is 11.0 Å². The summed E-state index contributed by atoms with van der Waals surface area (Å²) in [6.45, 7) is 2.20. The number of carbonyl (C=O) groups excluding carboxylic acids is 1. The van der Waals surface area contributed by atoms with E-state index < -0.39 is 17.9 Å². The van der Waals surface area contributed by atoms with Crippen LogP contribution in [-0.4, -0.2) is 32.2 Å². The molecule has 0 spiro atoms. The molecule has 1 aromatic heterocycles. The molecule has 1 unspecified atom stereocenters. The van der Waals surface area contributed by atoms with Crippen molar-refractivity contribution in [2.45, 2.75) is 45.3 Å². The Morgan fingerprint density at radius 1 is 1.25 bits per heavy atom. The minimum absolute atomic E-state index is 0.180. The van der Waals surface area contributed by atoms with Crippen LogP contribution in [0.1, 0.15) is 26.2 Å². The Morgan fingerprint density at radius 2 is 1.88 bits per heavy atom. The summed E-state index contributed by atoms with van der Waals surface area (Å²) in [4.78, 5) is 36.1. The Balaban J connectivity index is 1.81. The number of carbonyl (C=O) groups is 2. The third-order valence-corrected chi connectivity index (χ3v) is 4.44. The molecule has 7 nitrogen and oxygen atoms in total. The summed E-state index contributed by atoms with van der Waals surface area (Å²) in [5, 5.41) is 11.8. The quantitative estimate of drug-likeness (QED) is 0.797. The van der Waals surface area contributed by atoms with Crippen LogP contribution < -0.4 is 11.0 Å². The third kappa shape index (κ3) is 3.20. The second-order valence-electron chi connectivity index (χ2n) is 6.24. The normalized spacial score (nSPS) is 15.4. The first-order valence-corrected chi connectivity index (χ1v) is 8.21. The molecule has 1 aliphatic carbocycles. The van der Waals surface area contributed by atoms with Gasteiger partial charge in [-0.05, 0) is 31.4 Å². The number of carboxylic acids is 1. The van der Waals surface area contributed by atoms with Gasteiger partial charge >= 0.3 is 11.7 Å². The average molecular weight is 331 g/mol. The Labute approximate surface area is 138 Å². The number of imidazole rings is 1. The molecule has 0 bridgehead atoms. The number of aromatic nitrogens is 2. The molecule has 1 aliphatic rings. The van der Waals surface area contributed by atoms with Gasteiger partial charge < -0.3 is 10.4 Å². The summed E-state index contributed by atoms with van der Waals surface area (Å²) in [5.74, 6) is -1.10. The van der Waals surface area contributed by atoms with Crippen LogP contribution >= 0.6 is 0 Å². The van der Waals surface area contributed by atoms with Crippen molar-refractivity contribution in [3.63, 3.8) is 0 Å². The van der Waals surface area contributed by atoms with Gasteiger partial charge in [0.15, 0.2) is 0 Å². The van der Waals surface area contributed by atoms with E-state index in [2.05, 4.69) is 5.32 Å². The summed E-state index contributed by atoms with van der Waals surface area (Å²) < 4.78 is 2.99. The highest BCUT2D eigenvalue weighted by Gasteiger charge is 2.30. The monoisotopic (exact) mass is 331 g/mol. The Bertz CT molecular complexity index is 832. The van der Waals surface area contributed by atoms with Gasteiger partial charge in [-0.2, -0.15) is 0 Å². The van der Waals surface area contributed by atoms with Gasteiger partial charge in [0.2, 0.25) is 5.91 Å². The number of aliphatic carboxylic acids is 1. The van der Waals surface area contributed by atoms with Crippen LogP contribution in [0.2, 0.25) is 0 Å². The van der Waals surface area contributed by atoms with Gasteiger partial charge in [0, 0.05) is 6.54 Å². The summed E-state index contributed by atoms with van der Waals surface area (Å²) in [5.41, 5.74) is 1.18. The number of nitrogens with one attached hydrogen (secondary N) is 1. The maximum atomic E-state index is 12.5. The topological polar surface area (TPSA) is 93.3 Å². The van der Waals surface area contributed by atoms with Crippen molar-refractivity contribution < 1.29 is 14.7 Å². The van der Waals surface area contributed by atoms with Crippen LogP contribution in [0.5, 0.6) is 0 Å². The summed E-state index contributed by atoms with van der Waals surface area (Å²) >= 11 is 0. The predicted octanol–water partition coefficient (Wildman–Crippen LogP) is 1.19. The molecule has 0 saturated heterocycles. The number of amides is 1. The zero-order valence-corrected chi connectivity index (χ0v) is 13.6. The van der Waals surface area contributed by atoms with Crippen molar-refractivity contribution in [3.8, 4) is 0 Å². The van der Waals surface area contributed by atoms with Gasteiger partial charge in [0.05, 0.1) is 11.0 Å². The molecule has 24 heavy (non-hydrogen) atoms. The number of nitrogens with zero attached hydrogens (tertiary/aromatic N) is 2. The molecule has 1 amide bonds. The maximum Gasteiger partial charge on any atom is 0.329 e. The van der Waals surface area contributed by atoms with Gasteiger partial charge in [0.25, 0.3) is 0 Å². The standard InChI is InChI=1S/C17H21N3O4/c1-2-19-13-5-3-4-6-14(13)20(17(19)24)10-15(21)18-12(16(22)23)9-11-7-8-11/h3-6,11-12H,2,7-10H2,1H3,(H,18,21)(H,22,23). The van der Waals surface area contributed by atoms with Crippen molar-refractivity contribution >= 4 is 22.9 Å². The molecule has 7 heteroatoms. The number of benzene rings is 1. The minimum atomic E-state index is -1.03. The van der Waals surface area contributed by atoms with Crippen molar-refractivity contribution in [1.82, 2.24) is 14.5 Å². The maximum absolute atomic E-state index is 12.5. The van der Waals surface area contributed by atoms with E-state index in [0.29, 0.717) is 24.4 Å². The Hall–Kier alpha value is -2.57. The molecule has 1 atom stereocenters. The second-order valence-corrected chi connectivity index (χ2v) is 6.24. The van der Waals surface area contributed by atoms with Gasteiger partial charge in [-0.25, -0.2) is 9.59 Å². The fraction of sp³-hybridized carbons (Fsp3) is 0.471. The van der Waals surface area contributed by atoms with Crippen LogP contribution in [-0.2, 0) is 22.7 Å². The number of hydrogen-bond donors (Lipinski definition) is 2. The van der Waals surface area contributed by atoms with Crippen molar-refractivity contribution in [1.29, 1.82) is 0 Å².